The zero-order valence-corrected chi connectivity index (χ0v) is 17.3. The third-order valence-corrected chi connectivity index (χ3v) is 5.77. The van der Waals surface area contributed by atoms with Crippen molar-refractivity contribution in [1.29, 1.82) is 0 Å². The number of halogens is 2. The number of imidazole rings is 1. The van der Waals surface area contributed by atoms with Crippen molar-refractivity contribution in [2.24, 2.45) is 0 Å². The molecule has 4 rings (SSSR count). The van der Waals surface area contributed by atoms with Crippen LogP contribution in [-0.4, -0.2) is 20.4 Å². The second-order valence-electron chi connectivity index (χ2n) is 6.18. The lowest BCUT2D eigenvalue weighted by Gasteiger charge is -2.06. The fourth-order valence-corrected chi connectivity index (χ4v) is 4.30. The molecule has 0 radical (unpaired) electrons. The average molecular weight is 431 g/mol. The van der Waals surface area contributed by atoms with E-state index in [2.05, 4.69) is 27.9 Å². The van der Waals surface area contributed by atoms with Gasteiger partial charge >= 0.3 is 0 Å². The van der Waals surface area contributed by atoms with Gasteiger partial charge in [0.2, 0.25) is 0 Å². The maximum absolute atomic E-state index is 12.6. The third-order valence-electron chi connectivity index (χ3n) is 4.19. The molecular formula is C20H16Cl2N4OS. The van der Waals surface area contributed by atoms with Gasteiger partial charge in [-0.05, 0) is 36.8 Å². The fourth-order valence-electron chi connectivity index (χ4n) is 2.97. The Kier molecular flexibility index (Phi) is 5.35. The highest BCUT2D eigenvalue weighted by Gasteiger charge is 2.17. The van der Waals surface area contributed by atoms with Gasteiger partial charge in [0.15, 0.2) is 11.6 Å². The van der Waals surface area contributed by atoms with Gasteiger partial charge in [-0.3, -0.25) is 4.79 Å². The normalized spacial score (nSPS) is 11.1. The summed E-state index contributed by atoms with van der Waals surface area (Å²) in [7, 11) is 0. The first-order chi connectivity index (χ1) is 13.6. The summed E-state index contributed by atoms with van der Waals surface area (Å²) in [5.74, 6) is 0.880. The van der Waals surface area contributed by atoms with Crippen molar-refractivity contribution in [3.63, 3.8) is 0 Å². The molecule has 0 aliphatic rings. The number of amides is 1. The van der Waals surface area contributed by atoms with E-state index in [9.17, 15) is 4.79 Å². The van der Waals surface area contributed by atoms with Crippen molar-refractivity contribution in [1.82, 2.24) is 14.5 Å². The van der Waals surface area contributed by atoms with Crippen molar-refractivity contribution in [3.8, 4) is 10.7 Å². The lowest BCUT2D eigenvalue weighted by molar-refractivity contribution is 0.103. The molecule has 0 aliphatic carbocycles. The molecule has 28 heavy (non-hydrogen) atoms. The minimum absolute atomic E-state index is 0.272. The van der Waals surface area contributed by atoms with E-state index in [-0.39, 0.29) is 11.7 Å². The number of carbonyl (C=O) groups excluding carboxylic acids is 1. The van der Waals surface area contributed by atoms with Crippen LogP contribution in [-0.2, 0) is 6.54 Å². The van der Waals surface area contributed by atoms with E-state index in [4.69, 9.17) is 28.2 Å². The van der Waals surface area contributed by atoms with Crippen molar-refractivity contribution < 1.29 is 4.79 Å². The smallest absolute Gasteiger partial charge is 0.266 e. The molecule has 0 saturated heterocycles. The first-order valence-electron chi connectivity index (χ1n) is 8.74. The number of thiophene rings is 1. The van der Waals surface area contributed by atoms with Gasteiger partial charge in [-0.1, -0.05) is 42.3 Å². The number of para-hydroxylation sites is 2. The maximum atomic E-state index is 12.6. The highest BCUT2D eigenvalue weighted by Crippen LogP contribution is 2.31. The number of benzene rings is 1. The standard InChI is InChI=1S/C20H16Cl2N4OS/c1-2-9-26-15-6-4-3-5-14(15)24-19(26)16-7-8-17(28-16)20(27)25-18-13(22)10-12(21)11-23-18/h3-8,10-11H,2,9H2,1H3,(H,23,25,27). The number of fused-ring (bicyclic) bond motifs is 1. The Bertz CT molecular complexity index is 1170. The van der Waals surface area contributed by atoms with E-state index in [0.717, 1.165) is 34.7 Å². The molecule has 3 heterocycles. The van der Waals surface area contributed by atoms with Gasteiger partial charge in [-0.25, -0.2) is 9.97 Å². The maximum Gasteiger partial charge on any atom is 0.266 e. The van der Waals surface area contributed by atoms with Crippen molar-refractivity contribution in [2.45, 2.75) is 19.9 Å². The van der Waals surface area contributed by atoms with Crippen LogP contribution < -0.4 is 5.32 Å². The van der Waals surface area contributed by atoms with E-state index < -0.39 is 0 Å². The molecule has 1 aromatic carbocycles. The summed E-state index contributed by atoms with van der Waals surface area (Å²) >= 11 is 13.3. The van der Waals surface area contributed by atoms with Crippen LogP contribution in [0, 0.1) is 0 Å². The molecule has 0 saturated carbocycles. The van der Waals surface area contributed by atoms with E-state index >= 15 is 0 Å². The van der Waals surface area contributed by atoms with Crippen LogP contribution in [0.25, 0.3) is 21.7 Å². The second-order valence-corrected chi connectivity index (χ2v) is 8.11. The zero-order chi connectivity index (χ0) is 19.7. The molecule has 4 aromatic rings. The van der Waals surface area contributed by atoms with E-state index in [1.807, 2.05) is 24.3 Å². The van der Waals surface area contributed by atoms with Crippen LogP contribution in [0.2, 0.25) is 10.0 Å². The zero-order valence-electron chi connectivity index (χ0n) is 14.9. The highest BCUT2D eigenvalue weighted by atomic mass is 35.5. The van der Waals surface area contributed by atoms with Crippen LogP contribution >= 0.6 is 34.5 Å². The Balaban J connectivity index is 1.65. The van der Waals surface area contributed by atoms with Crippen LogP contribution in [0.15, 0.2) is 48.7 Å². The monoisotopic (exact) mass is 430 g/mol. The van der Waals surface area contributed by atoms with Gasteiger partial charge in [0, 0.05) is 12.7 Å². The van der Waals surface area contributed by atoms with Gasteiger partial charge in [-0.2, -0.15) is 0 Å². The lowest BCUT2D eigenvalue weighted by atomic mass is 10.3. The number of carbonyl (C=O) groups is 1. The Hall–Kier alpha value is -2.41. The van der Waals surface area contributed by atoms with E-state index in [1.54, 1.807) is 12.1 Å². The van der Waals surface area contributed by atoms with Gasteiger partial charge in [-0.15, -0.1) is 11.3 Å². The number of aromatic nitrogens is 3. The van der Waals surface area contributed by atoms with Crippen LogP contribution in [0.1, 0.15) is 23.0 Å². The van der Waals surface area contributed by atoms with Gasteiger partial charge in [0.1, 0.15) is 0 Å². The van der Waals surface area contributed by atoms with Crippen molar-refractivity contribution in [2.75, 3.05) is 5.32 Å². The minimum atomic E-state index is -0.272. The summed E-state index contributed by atoms with van der Waals surface area (Å²) < 4.78 is 2.19. The number of pyridine rings is 1. The average Bonchev–Trinajstić information content (AvgIpc) is 3.30. The minimum Gasteiger partial charge on any atom is -0.323 e. The van der Waals surface area contributed by atoms with Crippen LogP contribution in [0.3, 0.4) is 0 Å². The number of nitrogens with zero attached hydrogens (tertiary/aromatic N) is 3. The number of rotatable bonds is 5. The molecule has 1 amide bonds. The molecule has 3 aromatic heterocycles. The molecule has 8 heteroatoms. The molecular weight excluding hydrogens is 415 g/mol. The third kappa shape index (κ3) is 3.63. The Labute approximate surface area is 176 Å². The quantitative estimate of drug-likeness (QED) is 0.414. The van der Waals surface area contributed by atoms with Gasteiger partial charge < -0.3 is 9.88 Å². The molecule has 0 unspecified atom stereocenters. The summed E-state index contributed by atoms with van der Waals surface area (Å²) in [6.07, 6.45) is 2.43. The predicted molar refractivity (Wildman–Crippen MR) is 116 cm³/mol. The van der Waals surface area contributed by atoms with E-state index in [1.165, 1.54) is 17.5 Å². The summed E-state index contributed by atoms with van der Waals surface area (Å²) in [6, 6.07) is 13.3. The number of aryl methyl sites for hydroxylation is 1. The summed E-state index contributed by atoms with van der Waals surface area (Å²) in [4.78, 5) is 23.0. The van der Waals surface area contributed by atoms with Crippen molar-refractivity contribution >= 4 is 57.3 Å². The number of anilines is 1. The molecule has 0 fully saturated rings. The summed E-state index contributed by atoms with van der Waals surface area (Å²) in [5, 5.41) is 3.43. The van der Waals surface area contributed by atoms with Crippen LogP contribution in [0.5, 0.6) is 0 Å². The Morgan fingerprint density at radius 2 is 2.04 bits per heavy atom. The predicted octanol–water partition coefficient (Wildman–Crippen LogP) is 6.13. The van der Waals surface area contributed by atoms with Crippen LogP contribution in [0.4, 0.5) is 5.82 Å². The lowest BCUT2D eigenvalue weighted by Crippen LogP contribution is -2.11. The second kappa shape index (κ2) is 7.91. The Morgan fingerprint density at radius 3 is 2.82 bits per heavy atom. The molecule has 1 N–H and O–H groups in total. The molecule has 0 aliphatic heterocycles. The SMILES string of the molecule is CCCn1c(-c2ccc(C(=O)Nc3ncc(Cl)cc3Cl)s2)nc2ccccc21. The molecule has 0 atom stereocenters. The molecule has 0 bridgehead atoms. The number of hydrogen-bond acceptors (Lipinski definition) is 4. The van der Waals surface area contributed by atoms with Crippen molar-refractivity contribution in [3.05, 3.63) is 63.6 Å². The largest absolute Gasteiger partial charge is 0.323 e. The first-order valence-corrected chi connectivity index (χ1v) is 10.3. The number of nitrogens with one attached hydrogen (secondary N) is 1. The van der Waals surface area contributed by atoms with Gasteiger partial charge in [0.05, 0.1) is 30.8 Å². The fraction of sp³-hybridized carbons (Fsp3) is 0.150. The summed E-state index contributed by atoms with van der Waals surface area (Å²) in [6.45, 7) is 2.99. The Morgan fingerprint density at radius 1 is 1.21 bits per heavy atom. The summed E-state index contributed by atoms with van der Waals surface area (Å²) in [5.41, 5.74) is 2.04. The highest BCUT2D eigenvalue weighted by molar-refractivity contribution is 7.17. The molecule has 142 valence electrons. The molecule has 0 spiro atoms. The number of hydrogen-bond donors (Lipinski definition) is 1. The van der Waals surface area contributed by atoms with E-state index in [0.29, 0.717) is 14.9 Å². The molecule has 5 nitrogen and oxygen atoms in total. The first kappa shape index (κ1) is 18.9. The topological polar surface area (TPSA) is 59.8 Å². The van der Waals surface area contributed by atoms with Gasteiger partial charge in [0.25, 0.3) is 5.91 Å².